The first-order valence-electron chi connectivity index (χ1n) is 21.7. The third-order valence-electron chi connectivity index (χ3n) is 9.81. The molecular formula is C46H79NO8. The highest BCUT2D eigenvalue weighted by Crippen LogP contribution is 2.22. The van der Waals surface area contributed by atoms with Crippen LogP contribution in [0.15, 0.2) is 72.9 Å². The molecule has 0 aromatic carbocycles. The van der Waals surface area contributed by atoms with Gasteiger partial charge in [0.1, 0.15) is 24.4 Å². The summed E-state index contributed by atoms with van der Waals surface area (Å²) in [6.07, 6.45) is 41.1. The highest BCUT2D eigenvalue weighted by atomic mass is 16.7. The number of rotatable bonds is 34. The van der Waals surface area contributed by atoms with Gasteiger partial charge in [0.25, 0.3) is 0 Å². The monoisotopic (exact) mass is 774 g/mol. The number of nitrogens with one attached hydrogen (secondary N) is 1. The number of hydrogen-bond acceptors (Lipinski definition) is 8. The van der Waals surface area contributed by atoms with Crippen molar-refractivity contribution in [2.45, 2.75) is 198 Å². The molecule has 1 heterocycles. The van der Waals surface area contributed by atoms with Crippen LogP contribution in [-0.4, -0.2) is 87.5 Å². The maximum Gasteiger partial charge on any atom is 0.220 e. The van der Waals surface area contributed by atoms with E-state index >= 15 is 0 Å². The van der Waals surface area contributed by atoms with E-state index in [4.69, 9.17) is 9.47 Å². The van der Waals surface area contributed by atoms with Crippen LogP contribution in [0.4, 0.5) is 0 Å². The van der Waals surface area contributed by atoms with E-state index < -0.39 is 49.5 Å². The standard InChI is InChI=1S/C46H79NO8/c1-3-5-7-9-11-13-15-16-17-18-19-20-21-22-23-24-26-28-30-32-34-36-42(50)47-39(38-54-46-45(53)44(52)43(51)41(37-48)55-46)40(49)35-33-31-29-27-25-14-12-10-8-6-4-2/h17-18,20-21,23-24,28-31,33,35,39-41,43-46,48-49,51-53H,3-16,19,22,25-27,32,34,36-38H2,1-2H3,(H,47,50)/b18-17+,21-20+,24-23+,30-28+,31-29+,35-33+/t39-,40+,41-,43-,44?,45?,46-/m0/s1. The first-order valence-corrected chi connectivity index (χ1v) is 21.7. The van der Waals surface area contributed by atoms with Gasteiger partial charge in [-0.05, 0) is 57.8 Å². The van der Waals surface area contributed by atoms with E-state index in [1.165, 1.54) is 89.9 Å². The Morgan fingerprint density at radius 3 is 1.67 bits per heavy atom. The lowest BCUT2D eigenvalue weighted by Gasteiger charge is -2.40. The molecule has 2 unspecified atom stereocenters. The molecule has 0 saturated carbocycles. The number of allylic oxidation sites excluding steroid dienone is 11. The van der Waals surface area contributed by atoms with Gasteiger partial charge in [0.05, 0.1) is 25.4 Å². The van der Waals surface area contributed by atoms with Crippen molar-refractivity contribution in [1.82, 2.24) is 5.32 Å². The van der Waals surface area contributed by atoms with Crippen LogP contribution < -0.4 is 5.32 Å². The minimum atomic E-state index is -1.59. The largest absolute Gasteiger partial charge is 0.394 e. The van der Waals surface area contributed by atoms with Crippen molar-refractivity contribution < 1.29 is 39.8 Å². The van der Waals surface area contributed by atoms with Gasteiger partial charge in [0.15, 0.2) is 6.29 Å². The summed E-state index contributed by atoms with van der Waals surface area (Å²) in [5.41, 5.74) is 0. The van der Waals surface area contributed by atoms with Gasteiger partial charge in [-0.15, -0.1) is 0 Å². The molecule has 6 N–H and O–H groups in total. The molecule has 1 aliphatic rings. The second-order valence-electron chi connectivity index (χ2n) is 14.8. The van der Waals surface area contributed by atoms with Crippen LogP contribution in [0.2, 0.25) is 0 Å². The molecule has 1 amide bonds. The highest BCUT2D eigenvalue weighted by Gasteiger charge is 2.44. The zero-order valence-electron chi connectivity index (χ0n) is 34.4. The van der Waals surface area contributed by atoms with Gasteiger partial charge in [-0.3, -0.25) is 4.79 Å². The van der Waals surface area contributed by atoms with Crippen molar-refractivity contribution in [2.24, 2.45) is 0 Å². The molecule has 7 atom stereocenters. The molecule has 9 heteroatoms. The fraction of sp³-hybridized carbons (Fsp3) is 0.717. The van der Waals surface area contributed by atoms with Crippen molar-refractivity contribution >= 4 is 5.91 Å². The summed E-state index contributed by atoms with van der Waals surface area (Å²) >= 11 is 0. The Morgan fingerprint density at radius 1 is 0.636 bits per heavy atom. The second kappa shape index (κ2) is 36.0. The molecule has 1 rings (SSSR count). The predicted molar refractivity (Wildman–Crippen MR) is 225 cm³/mol. The predicted octanol–water partition coefficient (Wildman–Crippen LogP) is 8.61. The van der Waals surface area contributed by atoms with E-state index in [0.717, 1.165) is 38.5 Å². The van der Waals surface area contributed by atoms with Gasteiger partial charge >= 0.3 is 0 Å². The Labute approximate surface area is 334 Å². The Kier molecular flexibility index (Phi) is 33.2. The summed E-state index contributed by atoms with van der Waals surface area (Å²) in [5.74, 6) is -0.253. The normalized spacial score (nSPS) is 22.1. The fourth-order valence-electron chi connectivity index (χ4n) is 6.26. The average molecular weight is 774 g/mol. The summed E-state index contributed by atoms with van der Waals surface area (Å²) < 4.78 is 11.1. The number of aliphatic hydroxyl groups excluding tert-OH is 5. The van der Waals surface area contributed by atoms with Crippen molar-refractivity contribution in [3.63, 3.8) is 0 Å². The minimum absolute atomic E-state index is 0.237. The van der Waals surface area contributed by atoms with Gasteiger partial charge in [-0.2, -0.15) is 0 Å². The van der Waals surface area contributed by atoms with Gasteiger partial charge < -0.3 is 40.3 Å². The SMILES string of the molecule is CCCCCCCCC/C=C/C=C/[C@@H](O)[C@H](CO[C@H]1O[C@@H](CO)[C@H](O)C(O)C1O)NC(=O)CCC/C=C/C/C=C/C/C=C/C/C=C/CCCCCCCCC. The highest BCUT2D eigenvalue weighted by molar-refractivity contribution is 5.76. The van der Waals surface area contributed by atoms with Crippen molar-refractivity contribution in [3.05, 3.63) is 72.9 Å². The Bertz CT molecular complexity index is 1080. The molecular weight excluding hydrogens is 695 g/mol. The molecule has 1 fully saturated rings. The summed E-state index contributed by atoms with van der Waals surface area (Å²) in [6, 6.07) is -0.867. The van der Waals surface area contributed by atoms with Crippen molar-refractivity contribution in [2.75, 3.05) is 13.2 Å². The summed E-state index contributed by atoms with van der Waals surface area (Å²) in [6.45, 7) is 3.66. The number of hydrogen-bond donors (Lipinski definition) is 6. The fourth-order valence-corrected chi connectivity index (χ4v) is 6.26. The Morgan fingerprint density at radius 2 is 1.13 bits per heavy atom. The summed E-state index contributed by atoms with van der Waals surface area (Å²) in [4.78, 5) is 12.9. The number of carbonyl (C=O) groups excluding carboxylic acids is 1. The smallest absolute Gasteiger partial charge is 0.220 e. The first-order chi connectivity index (χ1) is 26.8. The number of unbranched alkanes of at least 4 members (excludes halogenated alkanes) is 15. The molecule has 316 valence electrons. The van der Waals surface area contributed by atoms with Crippen LogP contribution in [0.3, 0.4) is 0 Å². The summed E-state index contributed by atoms with van der Waals surface area (Å²) in [5, 5.41) is 53.9. The van der Waals surface area contributed by atoms with E-state index in [-0.39, 0.29) is 18.9 Å². The third kappa shape index (κ3) is 27.0. The van der Waals surface area contributed by atoms with Crippen LogP contribution in [0.25, 0.3) is 0 Å². The molecule has 0 aliphatic carbocycles. The Balaban J connectivity index is 2.44. The van der Waals surface area contributed by atoms with Gasteiger partial charge in [-0.25, -0.2) is 0 Å². The molecule has 1 saturated heterocycles. The first kappa shape index (κ1) is 50.6. The van der Waals surface area contributed by atoms with Gasteiger partial charge in [-0.1, -0.05) is 164 Å². The maximum absolute atomic E-state index is 12.9. The van der Waals surface area contributed by atoms with Crippen LogP contribution in [0.5, 0.6) is 0 Å². The minimum Gasteiger partial charge on any atom is -0.394 e. The number of amides is 1. The lowest BCUT2D eigenvalue weighted by atomic mass is 9.99. The van der Waals surface area contributed by atoms with E-state index in [2.05, 4.69) is 73.8 Å². The molecule has 1 aliphatic heterocycles. The summed E-state index contributed by atoms with van der Waals surface area (Å²) in [7, 11) is 0. The number of carbonyl (C=O) groups is 1. The van der Waals surface area contributed by atoms with E-state index in [1.54, 1.807) is 12.2 Å². The topological polar surface area (TPSA) is 149 Å². The average Bonchev–Trinajstić information content (AvgIpc) is 3.18. The van der Waals surface area contributed by atoms with Gasteiger partial charge in [0.2, 0.25) is 5.91 Å². The van der Waals surface area contributed by atoms with Crippen LogP contribution in [-0.2, 0) is 14.3 Å². The van der Waals surface area contributed by atoms with E-state index in [9.17, 15) is 30.3 Å². The number of ether oxygens (including phenoxy) is 2. The molecule has 0 spiro atoms. The molecule has 0 bridgehead atoms. The van der Waals surface area contributed by atoms with Crippen LogP contribution >= 0.6 is 0 Å². The number of aliphatic hydroxyl groups is 5. The van der Waals surface area contributed by atoms with Crippen LogP contribution in [0.1, 0.15) is 155 Å². The zero-order valence-corrected chi connectivity index (χ0v) is 34.4. The van der Waals surface area contributed by atoms with Crippen LogP contribution in [0, 0.1) is 0 Å². The maximum atomic E-state index is 12.9. The lowest BCUT2D eigenvalue weighted by Crippen LogP contribution is -2.60. The molecule has 55 heavy (non-hydrogen) atoms. The van der Waals surface area contributed by atoms with Crippen molar-refractivity contribution in [1.29, 1.82) is 0 Å². The molecule has 0 aromatic rings. The quantitative estimate of drug-likeness (QED) is 0.0216. The van der Waals surface area contributed by atoms with Gasteiger partial charge in [0, 0.05) is 6.42 Å². The Hall–Kier alpha value is -2.37. The van der Waals surface area contributed by atoms with Crippen molar-refractivity contribution in [3.8, 4) is 0 Å². The lowest BCUT2D eigenvalue weighted by molar-refractivity contribution is -0.302. The molecule has 0 radical (unpaired) electrons. The van der Waals surface area contributed by atoms with E-state index in [1.807, 2.05) is 6.08 Å². The molecule has 0 aromatic heterocycles. The third-order valence-corrected chi connectivity index (χ3v) is 9.81. The molecule has 9 nitrogen and oxygen atoms in total. The zero-order chi connectivity index (χ0) is 40.2. The second-order valence-corrected chi connectivity index (χ2v) is 14.8. The van der Waals surface area contributed by atoms with E-state index in [0.29, 0.717) is 6.42 Å².